The Kier molecular flexibility index (Phi) is 6.65. The Morgan fingerprint density at radius 2 is 2.05 bits per heavy atom. The van der Waals surface area contributed by atoms with Gasteiger partial charge in [-0.3, -0.25) is 9.59 Å². The summed E-state index contributed by atoms with van der Waals surface area (Å²) in [6.45, 7) is 3.27. The second-order valence-electron chi connectivity index (χ2n) is 4.57. The summed E-state index contributed by atoms with van der Waals surface area (Å²) in [5.41, 5.74) is 6.14. The van der Waals surface area contributed by atoms with Gasteiger partial charge in [-0.05, 0) is 31.5 Å². The van der Waals surface area contributed by atoms with Crippen molar-refractivity contribution in [1.82, 2.24) is 5.32 Å². The van der Waals surface area contributed by atoms with Gasteiger partial charge in [0.15, 0.2) is 6.10 Å². The van der Waals surface area contributed by atoms with Gasteiger partial charge in [0.05, 0.1) is 6.42 Å². The minimum absolute atomic E-state index is 0.0515. The first-order chi connectivity index (χ1) is 10.3. The van der Waals surface area contributed by atoms with E-state index < -0.39 is 24.0 Å². The molecule has 7 nitrogen and oxygen atoms in total. The number of urea groups is 1. The number of amides is 3. The summed E-state index contributed by atoms with van der Waals surface area (Å²) in [7, 11) is 0. The van der Waals surface area contributed by atoms with E-state index in [-0.39, 0.29) is 13.0 Å². The van der Waals surface area contributed by atoms with Crippen LogP contribution in [0.4, 0.5) is 10.5 Å². The van der Waals surface area contributed by atoms with E-state index in [1.54, 1.807) is 25.1 Å². The third-order valence-corrected chi connectivity index (χ3v) is 3.24. The zero-order chi connectivity index (χ0) is 16.7. The predicted molar refractivity (Wildman–Crippen MR) is 82.6 cm³/mol. The van der Waals surface area contributed by atoms with E-state index in [2.05, 4.69) is 10.6 Å². The molecular weight excluding hydrogens is 310 g/mol. The molecule has 0 saturated heterocycles. The number of carbonyl (C=O) groups is 3. The largest absolute Gasteiger partial charge is 0.452 e. The van der Waals surface area contributed by atoms with E-state index in [1.807, 2.05) is 0 Å². The molecule has 0 aliphatic rings. The van der Waals surface area contributed by atoms with Crippen LogP contribution in [0.3, 0.4) is 0 Å². The number of hydrogen-bond donors (Lipinski definition) is 3. The van der Waals surface area contributed by atoms with Gasteiger partial charge >= 0.3 is 12.0 Å². The molecule has 0 radical (unpaired) electrons. The van der Waals surface area contributed by atoms with Gasteiger partial charge in [-0.25, -0.2) is 4.79 Å². The SMILES string of the molecule is Cc1c(Cl)cccc1NC(=O)[C@H](C)OC(=O)CCNC(N)=O. The summed E-state index contributed by atoms with van der Waals surface area (Å²) < 4.78 is 4.96. The number of ether oxygens (including phenoxy) is 1. The first kappa shape index (κ1) is 17.8. The fourth-order valence-electron chi connectivity index (χ4n) is 1.57. The van der Waals surface area contributed by atoms with Gasteiger partial charge in [-0.15, -0.1) is 0 Å². The molecule has 0 heterocycles. The number of primary amides is 1. The Hall–Kier alpha value is -2.28. The molecule has 0 unspecified atom stereocenters. The van der Waals surface area contributed by atoms with Crippen molar-refractivity contribution in [2.75, 3.05) is 11.9 Å². The normalized spacial score (nSPS) is 11.4. The van der Waals surface area contributed by atoms with E-state index in [1.165, 1.54) is 6.92 Å². The highest BCUT2D eigenvalue weighted by molar-refractivity contribution is 6.31. The van der Waals surface area contributed by atoms with E-state index in [4.69, 9.17) is 22.1 Å². The lowest BCUT2D eigenvalue weighted by Crippen LogP contribution is -2.33. The second kappa shape index (κ2) is 8.23. The maximum atomic E-state index is 12.0. The molecule has 1 aromatic rings. The molecule has 0 aliphatic heterocycles. The van der Waals surface area contributed by atoms with Crippen molar-refractivity contribution in [3.63, 3.8) is 0 Å². The van der Waals surface area contributed by atoms with Crippen molar-refractivity contribution in [1.29, 1.82) is 0 Å². The first-order valence-electron chi connectivity index (χ1n) is 6.60. The molecule has 0 fully saturated rings. The summed E-state index contributed by atoms with van der Waals surface area (Å²) in [6.07, 6.45) is -1.05. The standard InChI is InChI=1S/C14H18ClN3O4/c1-8-10(15)4-3-5-11(8)18-13(20)9(2)22-12(19)6-7-17-14(16)21/h3-5,9H,6-7H2,1-2H3,(H,18,20)(H3,16,17,21)/t9-/m0/s1. The molecule has 1 atom stereocenters. The van der Waals surface area contributed by atoms with E-state index in [0.29, 0.717) is 10.7 Å². The van der Waals surface area contributed by atoms with Gasteiger partial charge in [-0.2, -0.15) is 0 Å². The number of carbonyl (C=O) groups excluding carboxylic acids is 3. The van der Waals surface area contributed by atoms with Crippen LogP contribution in [0.25, 0.3) is 0 Å². The lowest BCUT2D eigenvalue weighted by Gasteiger charge is -2.15. The Bertz CT molecular complexity index is 577. The van der Waals surface area contributed by atoms with Crippen LogP contribution in [0.15, 0.2) is 18.2 Å². The zero-order valence-electron chi connectivity index (χ0n) is 12.3. The number of nitrogens with one attached hydrogen (secondary N) is 2. The van der Waals surface area contributed by atoms with Crippen LogP contribution in [0.5, 0.6) is 0 Å². The van der Waals surface area contributed by atoms with Gasteiger partial charge < -0.3 is 21.1 Å². The van der Waals surface area contributed by atoms with Gasteiger partial charge in [0, 0.05) is 17.3 Å². The highest BCUT2D eigenvalue weighted by atomic mass is 35.5. The van der Waals surface area contributed by atoms with Crippen molar-refractivity contribution in [3.05, 3.63) is 28.8 Å². The number of anilines is 1. The molecule has 3 amide bonds. The molecule has 0 aliphatic carbocycles. The van der Waals surface area contributed by atoms with Crippen molar-refractivity contribution >= 4 is 35.2 Å². The average molecular weight is 328 g/mol. The second-order valence-corrected chi connectivity index (χ2v) is 4.98. The maximum Gasteiger partial charge on any atom is 0.312 e. The summed E-state index contributed by atoms with van der Waals surface area (Å²) in [5, 5.41) is 5.42. The fraction of sp³-hybridized carbons (Fsp3) is 0.357. The smallest absolute Gasteiger partial charge is 0.312 e. The molecular formula is C14H18ClN3O4. The predicted octanol–water partition coefficient (Wildman–Crippen LogP) is 1.58. The zero-order valence-corrected chi connectivity index (χ0v) is 13.1. The molecule has 1 aromatic carbocycles. The van der Waals surface area contributed by atoms with Crippen LogP contribution in [0.1, 0.15) is 18.9 Å². The quantitative estimate of drug-likeness (QED) is 0.689. The minimum Gasteiger partial charge on any atom is -0.452 e. The Labute approximate surface area is 133 Å². The highest BCUT2D eigenvalue weighted by Gasteiger charge is 2.18. The van der Waals surface area contributed by atoms with Crippen LogP contribution in [-0.4, -0.2) is 30.6 Å². The molecule has 120 valence electrons. The first-order valence-corrected chi connectivity index (χ1v) is 6.97. The molecule has 8 heteroatoms. The van der Waals surface area contributed by atoms with Crippen molar-refractivity contribution < 1.29 is 19.1 Å². The number of esters is 1. The lowest BCUT2D eigenvalue weighted by atomic mass is 10.2. The molecule has 0 aromatic heterocycles. The van der Waals surface area contributed by atoms with Gasteiger partial charge in [0.25, 0.3) is 5.91 Å². The number of rotatable bonds is 6. The number of benzene rings is 1. The molecule has 1 rings (SSSR count). The molecule has 0 saturated carbocycles. The van der Waals surface area contributed by atoms with E-state index in [9.17, 15) is 14.4 Å². The number of nitrogens with two attached hydrogens (primary N) is 1. The summed E-state index contributed by atoms with van der Waals surface area (Å²) in [6, 6.07) is 4.39. The van der Waals surface area contributed by atoms with Crippen LogP contribution in [0.2, 0.25) is 5.02 Å². The maximum absolute atomic E-state index is 12.0. The molecule has 0 spiro atoms. The molecule has 22 heavy (non-hydrogen) atoms. The molecule has 0 bridgehead atoms. The monoisotopic (exact) mass is 327 g/mol. The third kappa shape index (κ3) is 5.61. The lowest BCUT2D eigenvalue weighted by molar-refractivity contribution is -0.153. The minimum atomic E-state index is -0.973. The number of halogens is 1. The van der Waals surface area contributed by atoms with Gasteiger partial charge in [0.2, 0.25) is 0 Å². The Morgan fingerprint density at radius 1 is 1.36 bits per heavy atom. The van der Waals surface area contributed by atoms with E-state index >= 15 is 0 Å². The topological polar surface area (TPSA) is 111 Å². The summed E-state index contributed by atoms with van der Waals surface area (Å²) in [4.78, 5) is 33.9. The van der Waals surface area contributed by atoms with Crippen molar-refractivity contribution in [3.8, 4) is 0 Å². The van der Waals surface area contributed by atoms with E-state index in [0.717, 1.165) is 5.56 Å². The molecule has 4 N–H and O–H groups in total. The van der Waals surface area contributed by atoms with Crippen LogP contribution in [0, 0.1) is 6.92 Å². The summed E-state index contributed by atoms with van der Waals surface area (Å²) >= 11 is 5.96. The third-order valence-electron chi connectivity index (χ3n) is 2.83. The van der Waals surface area contributed by atoms with Crippen LogP contribution >= 0.6 is 11.6 Å². The fourth-order valence-corrected chi connectivity index (χ4v) is 1.75. The summed E-state index contributed by atoms with van der Waals surface area (Å²) in [5.74, 6) is -1.08. The van der Waals surface area contributed by atoms with Crippen LogP contribution in [-0.2, 0) is 14.3 Å². The Morgan fingerprint density at radius 3 is 2.68 bits per heavy atom. The highest BCUT2D eigenvalue weighted by Crippen LogP contribution is 2.23. The van der Waals surface area contributed by atoms with Crippen molar-refractivity contribution in [2.24, 2.45) is 5.73 Å². The van der Waals surface area contributed by atoms with Gasteiger partial charge in [-0.1, -0.05) is 17.7 Å². The number of hydrogen-bond acceptors (Lipinski definition) is 4. The van der Waals surface area contributed by atoms with Crippen LogP contribution < -0.4 is 16.4 Å². The van der Waals surface area contributed by atoms with Crippen molar-refractivity contribution in [2.45, 2.75) is 26.4 Å². The van der Waals surface area contributed by atoms with Gasteiger partial charge in [0.1, 0.15) is 0 Å². The average Bonchev–Trinajstić information content (AvgIpc) is 2.43. The Balaban J connectivity index is 2.49.